The second-order valence-electron chi connectivity index (χ2n) is 9.75. The average Bonchev–Trinajstić information content (AvgIpc) is 3.20. The van der Waals surface area contributed by atoms with Gasteiger partial charge in [-0.05, 0) is 68.1 Å². The first-order chi connectivity index (χ1) is 15.5. The Balaban J connectivity index is 0.000000890. The molecule has 0 spiro atoms. The maximum atomic E-state index is 12.4. The van der Waals surface area contributed by atoms with E-state index < -0.39 is 0 Å². The zero-order valence-corrected chi connectivity index (χ0v) is 21.3. The zero-order chi connectivity index (χ0) is 24.8. The molecule has 2 N–H and O–H groups in total. The van der Waals surface area contributed by atoms with E-state index >= 15 is 0 Å². The number of H-pyrrole nitrogens is 1. The molecule has 1 aromatic heterocycles. The van der Waals surface area contributed by atoms with Gasteiger partial charge in [0.2, 0.25) is 5.91 Å². The highest BCUT2D eigenvalue weighted by Gasteiger charge is 2.28. The number of carbonyl (C=O) groups is 2. The summed E-state index contributed by atoms with van der Waals surface area (Å²) < 4.78 is 0. The average molecular weight is 453 g/mol. The number of anilines is 1. The van der Waals surface area contributed by atoms with Crippen LogP contribution in [0.1, 0.15) is 52.1 Å². The summed E-state index contributed by atoms with van der Waals surface area (Å²) in [6, 6.07) is 8.26. The van der Waals surface area contributed by atoms with Gasteiger partial charge in [0.05, 0.1) is 6.54 Å². The molecule has 1 aliphatic carbocycles. The number of amides is 1. The lowest BCUT2D eigenvalue weighted by atomic mass is 9.75. The number of aromatic amines is 1. The number of hydrogen-bond acceptors (Lipinski definition) is 4. The monoisotopic (exact) mass is 452 g/mol. The van der Waals surface area contributed by atoms with Crippen molar-refractivity contribution in [1.82, 2.24) is 15.2 Å². The van der Waals surface area contributed by atoms with Crippen molar-refractivity contribution in [2.24, 2.45) is 5.41 Å². The van der Waals surface area contributed by atoms with E-state index in [1.54, 1.807) is 4.90 Å². The van der Waals surface area contributed by atoms with E-state index in [1.165, 1.54) is 11.3 Å². The van der Waals surface area contributed by atoms with Gasteiger partial charge in [-0.3, -0.25) is 4.79 Å². The van der Waals surface area contributed by atoms with E-state index in [0.29, 0.717) is 18.4 Å². The fraction of sp³-hybridized carbons (Fsp3) is 0.481. The van der Waals surface area contributed by atoms with E-state index in [-0.39, 0.29) is 5.91 Å². The van der Waals surface area contributed by atoms with Crippen LogP contribution in [0.4, 0.5) is 5.69 Å². The summed E-state index contributed by atoms with van der Waals surface area (Å²) in [6.07, 6.45) is 4.75. The zero-order valence-electron chi connectivity index (χ0n) is 21.3. The predicted molar refractivity (Wildman–Crippen MR) is 139 cm³/mol. The SMILES string of the molecule is C=C(C1=C(NC)CC(C)(C)CC1)c1cc2ccc(N(C)C(=O)CN(C)C)cc2[nH]1.CCC=O. The molecule has 2 aromatic rings. The smallest absolute Gasteiger partial charge is 0.240 e. The quantitative estimate of drug-likeness (QED) is 0.581. The summed E-state index contributed by atoms with van der Waals surface area (Å²) in [7, 11) is 7.63. The molecule has 0 unspecified atom stereocenters. The standard InChI is InChI=1S/C24H34N4O.C3H6O/c1-16(19-10-11-24(2,3)14-22(19)25-4)20-12-17-8-9-18(13-21(17)26-20)28(7)23(29)15-27(5)6;1-2-3-4/h8-9,12-13,25-26H,1,10-11,14-15H2,2-7H3;3H,2H2,1H3. The normalized spacial score (nSPS) is 15.2. The minimum Gasteiger partial charge on any atom is -0.391 e. The highest BCUT2D eigenvalue weighted by Crippen LogP contribution is 2.42. The van der Waals surface area contributed by atoms with Gasteiger partial charge in [-0.25, -0.2) is 0 Å². The second-order valence-corrected chi connectivity index (χ2v) is 9.75. The van der Waals surface area contributed by atoms with Crippen LogP contribution in [0.5, 0.6) is 0 Å². The van der Waals surface area contributed by atoms with Gasteiger partial charge in [0.15, 0.2) is 0 Å². The number of carbonyl (C=O) groups excluding carboxylic acids is 2. The molecule has 0 saturated carbocycles. The van der Waals surface area contributed by atoms with E-state index in [0.717, 1.165) is 53.4 Å². The van der Waals surface area contributed by atoms with Crippen LogP contribution in [-0.2, 0) is 9.59 Å². The molecule has 1 aromatic carbocycles. The van der Waals surface area contributed by atoms with Crippen molar-refractivity contribution in [3.8, 4) is 0 Å². The van der Waals surface area contributed by atoms with Gasteiger partial charge in [-0.2, -0.15) is 0 Å². The number of hydrogen-bond donors (Lipinski definition) is 2. The van der Waals surface area contributed by atoms with Gasteiger partial charge in [0.25, 0.3) is 0 Å². The third-order valence-corrected chi connectivity index (χ3v) is 6.05. The molecule has 3 rings (SSSR count). The van der Waals surface area contributed by atoms with Gasteiger partial charge in [0.1, 0.15) is 6.29 Å². The lowest BCUT2D eigenvalue weighted by Crippen LogP contribution is -2.34. The first kappa shape index (κ1) is 26.4. The van der Waals surface area contributed by atoms with Crippen LogP contribution in [0.2, 0.25) is 0 Å². The maximum absolute atomic E-state index is 12.4. The van der Waals surface area contributed by atoms with Crippen molar-refractivity contribution in [2.75, 3.05) is 39.6 Å². The Morgan fingerprint density at radius 2 is 1.91 bits per heavy atom. The van der Waals surface area contributed by atoms with Crippen molar-refractivity contribution in [3.05, 3.63) is 47.8 Å². The molecule has 0 atom stereocenters. The highest BCUT2D eigenvalue weighted by atomic mass is 16.2. The lowest BCUT2D eigenvalue weighted by molar-refractivity contribution is -0.118. The Kier molecular flexibility index (Phi) is 9.06. The summed E-state index contributed by atoms with van der Waals surface area (Å²) in [5, 5.41) is 4.53. The van der Waals surface area contributed by atoms with E-state index in [2.05, 4.69) is 42.9 Å². The maximum Gasteiger partial charge on any atom is 0.240 e. The van der Waals surface area contributed by atoms with Crippen LogP contribution in [0.25, 0.3) is 16.5 Å². The molecule has 1 heterocycles. The summed E-state index contributed by atoms with van der Waals surface area (Å²) in [5.74, 6) is 0.0687. The summed E-state index contributed by atoms with van der Waals surface area (Å²) in [5.41, 5.74) is 6.93. The Morgan fingerprint density at radius 3 is 2.48 bits per heavy atom. The number of allylic oxidation sites excluding steroid dienone is 3. The van der Waals surface area contributed by atoms with Gasteiger partial charge in [0, 0.05) is 48.5 Å². The topological polar surface area (TPSA) is 68.4 Å². The third-order valence-electron chi connectivity index (χ3n) is 6.05. The molecular weight excluding hydrogens is 412 g/mol. The molecule has 0 fully saturated rings. The van der Waals surface area contributed by atoms with Crippen LogP contribution in [0, 0.1) is 5.41 Å². The number of aldehydes is 1. The largest absolute Gasteiger partial charge is 0.391 e. The highest BCUT2D eigenvalue weighted by molar-refractivity contribution is 5.97. The van der Waals surface area contributed by atoms with Crippen molar-refractivity contribution >= 4 is 34.4 Å². The lowest BCUT2D eigenvalue weighted by Gasteiger charge is -2.33. The molecule has 180 valence electrons. The minimum atomic E-state index is 0.0687. The van der Waals surface area contributed by atoms with Crippen molar-refractivity contribution < 1.29 is 9.59 Å². The number of fused-ring (bicyclic) bond motifs is 1. The second kappa shape index (κ2) is 11.3. The van der Waals surface area contributed by atoms with Crippen LogP contribution in [0.15, 0.2) is 42.1 Å². The molecule has 6 heteroatoms. The fourth-order valence-electron chi connectivity index (χ4n) is 4.03. The van der Waals surface area contributed by atoms with Gasteiger partial charge in [-0.1, -0.05) is 33.4 Å². The number of rotatable bonds is 7. The van der Waals surface area contributed by atoms with Crippen LogP contribution >= 0.6 is 0 Å². The van der Waals surface area contributed by atoms with Crippen molar-refractivity contribution in [2.45, 2.75) is 46.5 Å². The van der Waals surface area contributed by atoms with Crippen molar-refractivity contribution in [1.29, 1.82) is 0 Å². The molecule has 6 nitrogen and oxygen atoms in total. The molecule has 0 radical (unpaired) electrons. The van der Waals surface area contributed by atoms with Gasteiger partial charge in [-0.15, -0.1) is 0 Å². The number of likely N-dealkylation sites (N-methyl/N-ethyl adjacent to an activating group) is 2. The molecule has 0 bridgehead atoms. The molecular formula is C27H40N4O2. The number of aromatic nitrogens is 1. The summed E-state index contributed by atoms with van der Waals surface area (Å²) in [4.78, 5) is 28.7. The predicted octanol–water partition coefficient (Wildman–Crippen LogP) is 4.98. The third kappa shape index (κ3) is 6.81. The molecule has 0 saturated heterocycles. The summed E-state index contributed by atoms with van der Waals surface area (Å²) >= 11 is 0. The Bertz CT molecular complexity index is 1030. The Hall–Kier alpha value is -2.86. The van der Waals surface area contributed by atoms with Gasteiger partial charge >= 0.3 is 0 Å². The first-order valence-corrected chi connectivity index (χ1v) is 11.6. The molecule has 1 amide bonds. The molecule has 1 aliphatic rings. The minimum absolute atomic E-state index is 0.0687. The molecule has 0 aliphatic heterocycles. The molecule has 33 heavy (non-hydrogen) atoms. The number of nitrogens with zero attached hydrogens (tertiary/aromatic N) is 2. The number of benzene rings is 1. The van der Waals surface area contributed by atoms with Crippen LogP contribution in [0.3, 0.4) is 0 Å². The van der Waals surface area contributed by atoms with Crippen LogP contribution < -0.4 is 10.2 Å². The fourth-order valence-corrected chi connectivity index (χ4v) is 4.03. The Morgan fingerprint density at radius 1 is 1.24 bits per heavy atom. The number of nitrogens with one attached hydrogen (secondary N) is 2. The van der Waals surface area contributed by atoms with Crippen LogP contribution in [-0.4, -0.2) is 56.8 Å². The van der Waals surface area contributed by atoms with E-state index in [1.807, 2.05) is 52.1 Å². The Labute approximate surface area is 198 Å². The van der Waals surface area contributed by atoms with Crippen molar-refractivity contribution in [3.63, 3.8) is 0 Å². The van der Waals surface area contributed by atoms with E-state index in [9.17, 15) is 9.59 Å². The first-order valence-electron chi connectivity index (χ1n) is 11.6. The van der Waals surface area contributed by atoms with Gasteiger partial charge < -0.3 is 24.9 Å². The summed E-state index contributed by atoms with van der Waals surface area (Å²) in [6.45, 7) is 11.3. The van der Waals surface area contributed by atoms with E-state index in [4.69, 9.17) is 0 Å².